The Bertz CT molecular complexity index is 727. The molecule has 1 fully saturated rings. The van der Waals surface area contributed by atoms with Crippen molar-refractivity contribution in [1.82, 2.24) is 0 Å². The molecule has 0 aromatic heterocycles. The monoisotopic (exact) mass is 402 g/mol. The fraction of sp³-hybridized carbons (Fsp3) is 0.720. The van der Waals surface area contributed by atoms with E-state index in [1.54, 1.807) is 11.1 Å². The molecule has 0 aromatic rings. The number of hydrogen-bond acceptors (Lipinski definition) is 4. The van der Waals surface area contributed by atoms with Gasteiger partial charge >= 0.3 is 5.97 Å². The number of cyclic esters (lactones) is 1. The van der Waals surface area contributed by atoms with Crippen molar-refractivity contribution < 1.29 is 19.7 Å². The lowest BCUT2D eigenvalue weighted by Gasteiger charge is -2.55. The van der Waals surface area contributed by atoms with Crippen molar-refractivity contribution >= 4 is 5.97 Å². The van der Waals surface area contributed by atoms with Crippen LogP contribution in [-0.4, -0.2) is 35.5 Å². The first-order valence-electron chi connectivity index (χ1n) is 11.2. The number of esters is 1. The lowest BCUT2D eigenvalue weighted by molar-refractivity contribution is -0.138. The zero-order chi connectivity index (χ0) is 21.2. The number of allylic oxidation sites excluding steroid dienone is 2. The van der Waals surface area contributed by atoms with E-state index >= 15 is 0 Å². The van der Waals surface area contributed by atoms with E-state index in [0.29, 0.717) is 17.4 Å². The number of aliphatic hydroxyl groups excluding tert-OH is 2. The largest absolute Gasteiger partial charge is 0.454 e. The minimum absolute atomic E-state index is 0.0246. The molecule has 4 heteroatoms. The van der Waals surface area contributed by atoms with Crippen LogP contribution in [0, 0.1) is 16.7 Å². The molecule has 3 rings (SSSR count). The number of rotatable bonds is 7. The van der Waals surface area contributed by atoms with Gasteiger partial charge in [-0.2, -0.15) is 0 Å². The second-order valence-corrected chi connectivity index (χ2v) is 10.2. The van der Waals surface area contributed by atoms with Crippen molar-refractivity contribution in [2.24, 2.45) is 16.7 Å². The Morgan fingerprint density at radius 2 is 2.03 bits per heavy atom. The number of aliphatic hydroxyl groups is 2. The number of ether oxygens (including phenoxy) is 1. The van der Waals surface area contributed by atoms with E-state index < -0.39 is 6.10 Å². The summed E-state index contributed by atoms with van der Waals surface area (Å²) >= 11 is 0. The molecule has 1 heterocycles. The highest BCUT2D eigenvalue weighted by Gasteiger charge is 2.49. The fourth-order valence-electron chi connectivity index (χ4n) is 6.34. The predicted molar refractivity (Wildman–Crippen MR) is 115 cm³/mol. The molecule has 3 atom stereocenters. The van der Waals surface area contributed by atoms with Crippen molar-refractivity contribution in [1.29, 1.82) is 0 Å². The normalized spacial score (nSPS) is 32.1. The smallest absolute Gasteiger partial charge is 0.331 e. The number of fused-ring (bicyclic) bond motifs is 1. The van der Waals surface area contributed by atoms with Crippen LogP contribution in [0.4, 0.5) is 0 Å². The van der Waals surface area contributed by atoms with Crippen LogP contribution in [0.5, 0.6) is 0 Å². The van der Waals surface area contributed by atoms with Crippen LogP contribution >= 0.6 is 0 Å². The van der Waals surface area contributed by atoms with E-state index in [1.165, 1.54) is 38.2 Å². The third-order valence-electron chi connectivity index (χ3n) is 7.92. The molecule has 2 N–H and O–H groups in total. The standard InChI is InChI=1S/C25H38O4/c1-17-6-11-22-24(2,3)12-5-13-25(22,4)20(17)9-7-18(15-26)8-10-21-19(16-27)14-23(28)29-21/h8,14,21-22,26-27H,5-7,9-13,15-16H2,1-4H3/b18-8+/t21-,22?,25-/m1/s1. The average Bonchev–Trinajstić information content (AvgIpc) is 3.02. The van der Waals surface area contributed by atoms with Gasteiger partial charge in [-0.1, -0.05) is 44.4 Å². The Labute approximate surface area is 175 Å². The van der Waals surface area contributed by atoms with Crippen molar-refractivity contribution in [2.75, 3.05) is 13.2 Å². The summed E-state index contributed by atoms with van der Waals surface area (Å²) in [7, 11) is 0. The van der Waals surface area contributed by atoms with Crippen LogP contribution in [-0.2, 0) is 9.53 Å². The molecule has 0 radical (unpaired) electrons. The molecular formula is C25H38O4. The van der Waals surface area contributed by atoms with Gasteiger partial charge in [0.2, 0.25) is 0 Å². The Hall–Kier alpha value is -1.39. The van der Waals surface area contributed by atoms with Gasteiger partial charge in [0.1, 0.15) is 6.10 Å². The van der Waals surface area contributed by atoms with Crippen LogP contribution in [0.15, 0.2) is 34.4 Å². The maximum absolute atomic E-state index is 11.4. The van der Waals surface area contributed by atoms with E-state index in [4.69, 9.17) is 4.74 Å². The Balaban J connectivity index is 1.69. The van der Waals surface area contributed by atoms with Crippen molar-refractivity contribution in [2.45, 2.75) is 85.2 Å². The highest BCUT2D eigenvalue weighted by molar-refractivity contribution is 5.85. The lowest BCUT2D eigenvalue weighted by Crippen LogP contribution is -2.45. The fourth-order valence-corrected chi connectivity index (χ4v) is 6.34. The van der Waals surface area contributed by atoms with Crippen LogP contribution < -0.4 is 0 Å². The summed E-state index contributed by atoms with van der Waals surface area (Å²) in [5, 5.41) is 19.3. The van der Waals surface area contributed by atoms with Gasteiger partial charge in [-0.05, 0) is 67.8 Å². The van der Waals surface area contributed by atoms with Gasteiger partial charge in [-0.3, -0.25) is 0 Å². The molecule has 0 saturated heterocycles. The van der Waals surface area contributed by atoms with Gasteiger partial charge < -0.3 is 14.9 Å². The van der Waals surface area contributed by atoms with Gasteiger partial charge in [0, 0.05) is 18.1 Å². The van der Waals surface area contributed by atoms with Crippen molar-refractivity contribution in [3.8, 4) is 0 Å². The zero-order valence-corrected chi connectivity index (χ0v) is 18.6. The highest BCUT2D eigenvalue weighted by Crippen LogP contribution is 2.60. The molecule has 29 heavy (non-hydrogen) atoms. The van der Waals surface area contributed by atoms with Gasteiger partial charge in [0.25, 0.3) is 0 Å². The van der Waals surface area contributed by atoms with E-state index in [2.05, 4.69) is 27.7 Å². The second-order valence-electron chi connectivity index (χ2n) is 10.2. The third kappa shape index (κ3) is 4.54. The molecule has 1 aliphatic heterocycles. The van der Waals surface area contributed by atoms with Gasteiger partial charge in [-0.25, -0.2) is 4.79 Å². The van der Waals surface area contributed by atoms with Crippen LogP contribution in [0.3, 0.4) is 0 Å². The quantitative estimate of drug-likeness (QED) is 0.471. The minimum atomic E-state index is -0.397. The molecule has 162 valence electrons. The van der Waals surface area contributed by atoms with Crippen molar-refractivity contribution in [3.63, 3.8) is 0 Å². The van der Waals surface area contributed by atoms with Gasteiger partial charge in [0.15, 0.2) is 0 Å². The van der Waals surface area contributed by atoms with Crippen molar-refractivity contribution in [3.05, 3.63) is 34.4 Å². The second kappa shape index (κ2) is 8.77. The van der Waals surface area contributed by atoms with Gasteiger partial charge in [0.05, 0.1) is 13.2 Å². The highest BCUT2D eigenvalue weighted by atomic mass is 16.5. The summed E-state index contributed by atoms with van der Waals surface area (Å²) < 4.78 is 5.25. The van der Waals surface area contributed by atoms with E-state index in [1.807, 2.05) is 6.08 Å². The van der Waals surface area contributed by atoms with E-state index in [0.717, 1.165) is 24.3 Å². The molecule has 4 nitrogen and oxygen atoms in total. The first-order chi connectivity index (χ1) is 13.7. The van der Waals surface area contributed by atoms with Gasteiger partial charge in [-0.15, -0.1) is 0 Å². The molecule has 3 aliphatic rings. The van der Waals surface area contributed by atoms with E-state index in [9.17, 15) is 15.0 Å². The molecule has 2 aliphatic carbocycles. The topological polar surface area (TPSA) is 66.8 Å². The molecule has 0 spiro atoms. The third-order valence-corrected chi connectivity index (χ3v) is 7.92. The minimum Gasteiger partial charge on any atom is -0.454 e. The zero-order valence-electron chi connectivity index (χ0n) is 18.6. The summed E-state index contributed by atoms with van der Waals surface area (Å²) in [6.07, 6.45) is 11.7. The molecule has 0 amide bonds. The number of carbonyl (C=O) groups excluding carboxylic acids is 1. The first kappa shape index (κ1) is 22.3. The molecule has 1 unspecified atom stereocenters. The molecule has 0 aromatic carbocycles. The first-order valence-corrected chi connectivity index (χ1v) is 11.2. The number of carbonyl (C=O) groups is 1. The molecule has 1 saturated carbocycles. The Kier molecular flexibility index (Phi) is 6.74. The SMILES string of the molecule is CC1=C(CC/C(=C\C[C@H]2OC(=O)C=C2CO)CO)[C@@]2(C)CCCC(C)(C)C2CC1. The predicted octanol–water partition coefficient (Wildman–Crippen LogP) is 4.86. The summed E-state index contributed by atoms with van der Waals surface area (Å²) in [4.78, 5) is 11.4. The summed E-state index contributed by atoms with van der Waals surface area (Å²) in [6.45, 7) is 9.53. The van der Waals surface area contributed by atoms with Crippen LogP contribution in [0.1, 0.15) is 79.1 Å². The lowest BCUT2D eigenvalue weighted by atomic mass is 9.50. The Morgan fingerprint density at radius 1 is 1.28 bits per heavy atom. The molecule has 0 bridgehead atoms. The average molecular weight is 403 g/mol. The summed E-state index contributed by atoms with van der Waals surface area (Å²) in [6, 6.07) is 0. The Morgan fingerprint density at radius 3 is 2.72 bits per heavy atom. The summed E-state index contributed by atoms with van der Waals surface area (Å²) in [5.41, 5.74) is 5.45. The maximum Gasteiger partial charge on any atom is 0.331 e. The van der Waals surface area contributed by atoms with E-state index in [-0.39, 0.29) is 24.6 Å². The number of hydrogen-bond donors (Lipinski definition) is 2. The van der Waals surface area contributed by atoms with Crippen LogP contribution in [0.25, 0.3) is 0 Å². The summed E-state index contributed by atoms with van der Waals surface area (Å²) in [5.74, 6) is 0.346. The maximum atomic E-state index is 11.4. The molecular weight excluding hydrogens is 364 g/mol. The van der Waals surface area contributed by atoms with Crippen LogP contribution in [0.2, 0.25) is 0 Å².